The topological polar surface area (TPSA) is 67.9 Å². The first-order chi connectivity index (χ1) is 12.7. The van der Waals surface area contributed by atoms with Crippen molar-refractivity contribution in [2.24, 2.45) is 5.92 Å². The number of carbonyl (C=O) groups excluding carboxylic acids is 2. The molecule has 26 heavy (non-hydrogen) atoms. The number of benzene rings is 2. The van der Waals surface area contributed by atoms with Crippen molar-refractivity contribution in [2.45, 2.75) is 6.42 Å². The van der Waals surface area contributed by atoms with Crippen LogP contribution in [0.4, 0.5) is 5.69 Å². The van der Waals surface area contributed by atoms with E-state index in [0.717, 1.165) is 0 Å². The van der Waals surface area contributed by atoms with Gasteiger partial charge >= 0.3 is 0 Å². The van der Waals surface area contributed by atoms with Crippen LogP contribution in [-0.2, 0) is 14.3 Å². The Hall–Kier alpha value is -2.86. The highest BCUT2D eigenvalue weighted by atomic mass is 16.5. The van der Waals surface area contributed by atoms with E-state index in [1.165, 1.54) is 0 Å². The van der Waals surface area contributed by atoms with Gasteiger partial charge in [0.25, 0.3) is 0 Å². The number of carbonyl (C=O) groups is 2. The molecule has 1 heterocycles. The zero-order valence-electron chi connectivity index (χ0n) is 14.7. The summed E-state index contributed by atoms with van der Waals surface area (Å²) in [6.07, 6.45) is 0.483. The molecule has 2 aromatic rings. The number of methoxy groups -OCH3 is 1. The molecule has 6 heteroatoms. The van der Waals surface area contributed by atoms with Crippen LogP contribution in [0.2, 0.25) is 0 Å². The summed E-state index contributed by atoms with van der Waals surface area (Å²) in [5.41, 5.74) is 0.675. The normalized spacial score (nSPS) is 16.6. The van der Waals surface area contributed by atoms with Crippen LogP contribution in [0, 0.1) is 5.92 Å². The smallest absolute Gasteiger partial charge is 0.239 e. The molecular weight excluding hydrogens is 332 g/mol. The maximum Gasteiger partial charge on any atom is 0.239 e. The van der Waals surface area contributed by atoms with E-state index in [4.69, 9.17) is 9.47 Å². The number of hydrogen-bond donors (Lipinski definition) is 1. The van der Waals surface area contributed by atoms with Crippen LogP contribution in [0.25, 0.3) is 0 Å². The van der Waals surface area contributed by atoms with Gasteiger partial charge in [0.1, 0.15) is 11.7 Å². The van der Waals surface area contributed by atoms with Crippen molar-refractivity contribution in [3.8, 4) is 11.5 Å². The van der Waals surface area contributed by atoms with Gasteiger partial charge in [0.15, 0.2) is 5.75 Å². The Bertz CT molecular complexity index is 763. The van der Waals surface area contributed by atoms with Gasteiger partial charge in [-0.05, 0) is 30.7 Å². The summed E-state index contributed by atoms with van der Waals surface area (Å²) in [6, 6.07) is 16.8. The quantitative estimate of drug-likeness (QED) is 0.613. The summed E-state index contributed by atoms with van der Waals surface area (Å²) >= 11 is 0. The third-order valence-electron chi connectivity index (χ3n) is 4.25. The molecular formula is C20H22N2O4. The van der Waals surface area contributed by atoms with Gasteiger partial charge in [-0.3, -0.25) is 9.59 Å². The Kier molecular flexibility index (Phi) is 5.86. The Morgan fingerprint density at radius 2 is 1.88 bits per heavy atom. The summed E-state index contributed by atoms with van der Waals surface area (Å²) in [6.45, 7) is 1.30. The lowest BCUT2D eigenvalue weighted by Crippen LogP contribution is -2.38. The summed E-state index contributed by atoms with van der Waals surface area (Å²) in [5.74, 6) is 0.157. The fourth-order valence-electron chi connectivity index (χ4n) is 2.94. The number of nitrogens with one attached hydrogen (secondary N) is 1. The van der Waals surface area contributed by atoms with Crippen LogP contribution in [-0.4, -0.2) is 38.6 Å². The van der Waals surface area contributed by atoms with E-state index in [0.29, 0.717) is 43.3 Å². The van der Waals surface area contributed by atoms with Gasteiger partial charge in [0, 0.05) is 20.2 Å². The standard InChI is InChI=1S/C20H22N2O4/c1-25-14-12-21-19(23)16-11-13-22(20(16)24)17-9-5-6-10-18(17)26-15-7-3-2-4-8-15/h2-10,16H,11-14H2,1H3,(H,21,23). The van der Waals surface area contributed by atoms with E-state index in [2.05, 4.69) is 5.32 Å². The van der Waals surface area contributed by atoms with Crippen molar-refractivity contribution in [3.63, 3.8) is 0 Å². The van der Waals surface area contributed by atoms with E-state index in [1.54, 1.807) is 12.0 Å². The van der Waals surface area contributed by atoms with Gasteiger partial charge in [-0.1, -0.05) is 30.3 Å². The highest BCUT2D eigenvalue weighted by Gasteiger charge is 2.38. The second kappa shape index (κ2) is 8.49. The molecule has 0 saturated carbocycles. The van der Waals surface area contributed by atoms with Crippen molar-refractivity contribution in [2.75, 3.05) is 31.7 Å². The maximum atomic E-state index is 12.8. The van der Waals surface area contributed by atoms with Crippen LogP contribution in [0.15, 0.2) is 54.6 Å². The lowest BCUT2D eigenvalue weighted by atomic mass is 10.1. The van der Waals surface area contributed by atoms with E-state index in [1.807, 2.05) is 54.6 Å². The van der Waals surface area contributed by atoms with Crippen molar-refractivity contribution in [1.82, 2.24) is 5.32 Å². The molecule has 1 unspecified atom stereocenters. The molecule has 1 aliphatic rings. The van der Waals surface area contributed by atoms with Gasteiger partial charge in [-0.25, -0.2) is 0 Å². The predicted molar refractivity (Wildman–Crippen MR) is 98.3 cm³/mol. The van der Waals surface area contributed by atoms with Crippen LogP contribution in [0.5, 0.6) is 11.5 Å². The highest BCUT2D eigenvalue weighted by molar-refractivity contribution is 6.10. The number of rotatable bonds is 7. The zero-order chi connectivity index (χ0) is 18.4. The van der Waals surface area contributed by atoms with Gasteiger partial charge in [-0.2, -0.15) is 0 Å². The minimum Gasteiger partial charge on any atom is -0.455 e. The molecule has 0 aromatic heterocycles. The lowest BCUT2D eigenvalue weighted by Gasteiger charge is -2.20. The monoisotopic (exact) mass is 354 g/mol. The summed E-state index contributed by atoms with van der Waals surface area (Å²) in [5, 5.41) is 2.74. The zero-order valence-corrected chi connectivity index (χ0v) is 14.7. The average Bonchev–Trinajstić information content (AvgIpc) is 3.04. The largest absolute Gasteiger partial charge is 0.455 e. The summed E-state index contributed by atoms with van der Waals surface area (Å²) in [7, 11) is 1.57. The molecule has 2 aromatic carbocycles. The molecule has 1 N–H and O–H groups in total. The molecule has 1 saturated heterocycles. The number of nitrogens with zero attached hydrogens (tertiary/aromatic N) is 1. The molecule has 136 valence electrons. The van der Waals surface area contributed by atoms with Crippen LogP contribution < -0.4 is 15.0 Å². The van der Waals surface area contributed by atoms with E-state index in [-0.39, 0.29) is 11.8 Å². The van der Waals surface area contributed by atoms with Crippen molar-refractivity contribution in [1.29, 1.82) is 0 Å². The first-order valence-corrected chi connectivity index (χ1v) is 8.60. The van der Waals surface area contributed by atoms with E-state index < -0.39 is 5.92 Å². The van der Waals surface area contributed by atoms with Crippen LogP contribution >= 0.6 is 0 Å². The lowest BCUT2D eigenvalue weighted by molar-refractivity contribution is -0.132. The number of para-hydroxylation sites is 3. The van der Waals surface area contributed by atoms with Crippen LogP contribution in [0.1, 0.15) is 6.42 Å². The van der Waals surface area contributed by atoms with E-state index >= 15 is 0 Å². The van der Waals surface area contributed by atoms with Crippen LogP contribution in [0.3, 0.4) is 0 Å². The van der Waals surface area contributed by atoms with Gasteiger partial charge in [0.2, 0.25) is 11.8 Å². The molecule has 1 aliphatic heterocycles. The maximum absolute atomic E-state index is 12.8. The van der Waals surface area contributed by atoms with Gasteiger partial charge in [0.05, 0.1) is 12.3 Å². The number of amides is 2. The molecule has 1 atom stereocenters. The summed E-state index contributed by atoms with van der Waals surface area (Å²) < 4.78 is 10.9. The third-order valence-corrected chi connectivity index (χ3v) is 4.25. The SMILES string of the molecule is COCCNC(=O)C1CCN(c2ccccc2Oc2ccccc2)C1=O. The minimum absolute atomic E-state index is 0.205. The molecule has 1 fully saturated rings. The first kappa shape index (κ1) is 17.9. The summed E-state index contributed by atoms with van der Waals surface area (Å²) in [4.78, 5) is 26.6. The van der Waals surface area contributed by atoms with Crippen molar-refractivity contribution < 1.29 is 19.1 Å². The predicted octanol–water partition coefficient (Wildman–Crippen LogP) is 2.59. The molecule has 3 rings (SSSR count). The molecule has 0 radical (unpaired) electrons. The Morgan fingerprint density at radius 1 is 1.15 bits per heavy atom. The molecule has 0 aliphatic carbocycles. The molecule has 2 amide bonds. The minimum atomic E-state index is -0.670. The fraction of sp³-hybridized carbons (Fsp3) is 0.300. The van der Waals surface area contributed by atoms with Crippen molar-refractivity contribution >= 4 is 17.5 Å². The first-order valence-electron chi connectivity index (χ1n) is 8.60. The second-order valence-corrected chi connectivity index (χ2v) is 6.00. The Balaban J connectivity index is 1.74. The average molecular weight is 354 g/mol. The second-order valence-electron chi connectivity index (χ2n) is 6.00. The molecule has 0 bridgehead atoms. The van der Waals surface area contributed by atoms with Gasteiger partial charge in [-0.15, -0.1) is 0 Å². The van der Waals surface area contributed by atoms with E-state index in [9.17, 15) is 9.59 Å². The van der Waals surface area contributed by atoms with Crippen molar-refractivity contribution in [3.05, 3.63) is 54.6 Å². The Morgan fingerprint density at radius 3 is 2.65 bits per heavy atom. The Labute approximate surface area is 152 Å². The number of ether oxygens (including phenoxy) is 2. The molecule has 6 nitrogen and oxygen atoms in total. The highest BCUT2D eigenvalue weighted by Crippen LogP contribution is 2.35. The number of anilines is 1. The fourth-order valence-corrected chi connectivity index (χ4v) is 2.94. The third kappa shape index (κ3) is 4.03. The molecule has 0 spiro atoms. The van der Waals surface area contributed by atoms with Gasteiger partial charge < -0.3 is 19.7 Å². The number of hydrogen-bond acceptors (Lipinski definition) is 4.